The summed E-state index contributed by atoms with van der Waals surface area (Å²) in [4.78, 5) is 27.0. The van der Waals surface area contributed by atoms with Gasteiger partial charge in [-0.25, -0.2) is 18.0 Å². The van der Waals surface area contributed by atoms with E-state index in [2.05, 4.69) is 11.2 Å². The van der Waals surface area contributed by atoms with E-state index in [0.29, 0.717) is 32.3 Å². The number of nitrogens with zero attached hydrogens (tertiary/aromatic N) is 1. The summed E-state index contributed by atoms with van der Waals surface area (Å²) in [7, 11) is 0. The van der Waals surface area contributed by atoms with E-state index in [1.54, 1.807) is 27.7 Å². The molecule has 0 radical (unpaired) electrons. The zero-order valence-corrected chi connectivity index (χ0v) is 20.5. The molecule has 7 nitrogen and oxygen atoms in total. The van der Waals surface area contributed by atoms with Crippen LogP contribution in [0.3, 0.4) is 0 Å². The van der Waals surface area contributed by atoms with Crippen molar-refractivity contribution in [3.05, 3.63) is 35.1 Å². The van der Waals surface area contributed by atoms with Crippen molar-refractivity contribution in [2.75, 3.05) is 33.0 Å². The zero-order chi connectivity index (χ0) is 26.2. The van der Waals surface area contributed by atoms with Gasteiger partial charge in [-0.1, -0.05) is 5.92 Å². The van der Waals surface area contributed by atoms with Crippen LogP contribution in [-0.2, 0) is 19.0 Å². The third-order valence-corrected chi connectivity index (χ3v) is 5.53. The van der Waals surface area contributed by atoms with Gasteiger partial charge in [0.05, 0.1) is 13.2 Å². The van der Waals surface area contributed by atoms with Gasteiger partial charge in [-0.3, -0.25) is 4.79 Å². The normalized spacial score (nSPS) is 20.5. The molecule has 1 aromatic carbocycles. The fourth-order valence-electron chi connectivity index (χ4n) is 3.98. The van der Waals surface area contributed by atoms with Crippen LogP contribution in [0.4, 0.5) is 18.0 Å². The number of likely N-dealkylation sites (tertiary alicyclic amines) is 1. The quantitative estimate of drug-likeness (QED) is 0.302. The maximum Gasteiger partial charge on any atom is 0.408 e. The smallest absolute Gasteiger partial charge is 0.408 e. The van der Waals surface area contributed by atoms with Crippen LogP contribution in [0.25, 0.3) is 0 Å². The number of rotatable bonds is 10. The summed E-state index contributed by atoms with van der Waals surface area (Å²) in [6, 6.07) is -0.200. The molecule has 0 aliphatic carbocycles. The number of benzene rings is 1. The highest BCUT2D eigenvalue weighted by Gasteiger charge is 2.43. The van der Waals surface area contributed by atoms with Crippen molar-refractivity contribution in [3.8, 4) is 12.3 Å². The summed E-state index contributed by atoms with van der Waals surface area (Å²) >= 11 is 0. The lowest BCUT2D eigenvalue weighted by Gasteiger charge is -2.43. The summed E-state index contributed by atoms with van der Waals surface area (Å²) in [5.41, 5.74) is -1.26. The number of terminal acetylenes is 1. The van der Waals surface area contributed by atoms with Gasteiger partial charge in [0.15, 0.2) is 11.6 Å². The molecule has 1 heterocycles. The minimum absolute atomic E-state index is 0.115. The van der Waals surface area contributed by atoms with Crippen molar-refractivity contribution >= 4 is 12.0 Å². The zero-order valence-electron chi connectivity index (χ0n) is 20.5. The Labute approximate surface area is 204 Å². The molecule has 1 saturated heterocycles. The summed E-state index contributed by atoms with van der Waals surface area (Å²) < 4.78 is 59.1. The molecule has 2 rings (SSSR count). The molecule has 194 valence electrons. The molecular weight excluding hydrogens is 465 g/mol. The predicted octanol–water partition coefficient (Wildman–Crippen LogP) is 3.76. The summed E-state index contributed by atoms with van der Waals surface area (Å²) in [5, 5.41) is 2.50. The van der Waals surface area contributed by atoms with Crippen molar-refractivity contribution in [2.24, 2.45) is 0 Å². The molecule has 1 aliphatic heterocycles. The molecule has 2 amide bonds. The molecule has 3 atom stereocenters. The van der Waals surface area contributed by atoms with Crippen LogP contribution in [0.5, 0.6) is 0 Å². The van der Waals surface area contributed by atoms with E-state index in [4.69, 9.17) is 20.6 Å². The first kappa shape index (κ1) is 28.5. The molecular formula is C25H33F3N2O5. The number of hydrogen-bond acceptors (Lipinski definition) is 5. The van der Waals surface area contributed by atoms with E-state index in [9.17, 15) is 22.8 Å². The lowest BCUT2D eigenvalue weighted by Crippen LogP contribution is -2.58. The van der Waals surface area contributed by atoms with Crippen LogP contribution >= 0.6 is 0 Å². The van der Waals surface area contributed by atoms with Crippen LogP contribution in [0.15, 0.2) is 12.1 Å². The second kappa shape index (κ2) is 12.8. The van der Waals surface area contributed by atoms with Gasteiger partial charge in [0, 0.05) is 30.7 Å². The summed E-state index contributed by atoms with van der Waals surface area (Å²) in [5.74, 6) is -2.38. The number of nitrogens with one attached hydrogen (secondary N) is 1. The van der Waals surface area contributed by atoms with Crippen molar-refractivity contribution in [1.82, 2.24) is 10.2 Å². The number of hydrogen-bond donors (Lipinski definition) is 1. The monoisotopic (exact) mass is 498 g/mol. The number of halogens is 3. The van der Waals surface area contributed by atoms with Crippen molar-refractivity contribution < 1.29 is 37.0 Å². The highest BCUT2D eigenvalue weighted by atomic mass is 19.2. The number of piperidine rings is 1. The third kappa shape index (κ3) is 8.15. The standard InChI is InChI=1S/C25H33F3N2O5/c1-6-11-33-13-14-34-12-7-10-30-16(2)17(21-18(26)8-9-19(27)22(21)28)15-20(23(30)31)29-24(32)35-25(3,4)5/h1,8-9,16-17,20H,7,10-15H2,2-5H3,(H,29,32). The van der Waals surface area contributed by atoms with Crippen molar-refractivity contribution in [2.45, 2.75) is 64.1 Å². The average molecular weight is 499 g/mol. The van der Waals surface area contributed by atoms with E-state index >= 15 is 0 Å². The molecule has 0 bridgehead atoms. The molecule has 1 aromatic rings. The van der Waals surface area contributed by atoms with Crippen LogP contribution in [0, 0.1) is 29.8 Å². The Balaban J connectivity index is 2.18. The maximum atomic E-state index is 14.7. The first-order chi connectivity index (χ1) is 16.5. The molecule has 35 heavy (non-hydrogen) atoms. The predicted molar refractivity (Wildman–Crippen MR) is 123 cm³/mol. The first-order valence-corrected chi connectivity index (χ1v) is 11.5. The molecule has 0 saturated carbocycles. The molecule has 10 heteroatoms. The Hall–Kier alpha value is -2.77. The van der Waals surface area contributed by atoms with Crippen LogP contribution in [-0.4, -0.2) is 67.6 Å². The Kier molecular flexibility index (Phi) is 10.4. The van der Waals surface area contributed by atoms with E-state index in [0.717, 1.165) is 6.07 Å². The summed E-state index contributed by atoms with van der Waals surface area (Å²) in [6.07, 6.45) is 4.57. The number of amides is 2. The molecule has 0 spiro atoms. The number of carbonyl (C=O) groups excluding carboxylic acids is 2. The van der Waals surface area contributed by atoms with Crippen LogP contribution in [0.1, 0.15) is 52.0 Å². The second-order valence-corrected chi connectivity index (χ2v) is 9.29. The summed E-state index contributed by atoms with van der Waals surface area (Å²) in [6.45, 7) is 7.97. The number of ether oxygens (including phenoxy) is 3. The SMILES string of the molecule is C#CCOCCOCCCN1C(=O)C(NC(=O)OC(C)(C)C)CC(c2c(F)ccc(F)c2F)C1C. The topological polar surface area (TPSA) is 77.1 Å². The molecule has 1 aliphatic rings. The van der Waals surface area contributed by atoms with E-state index in [-0.39, 0.29) is 19.6 Å². The molecule has 0 aromatic heterocycles. The minimum Gasteiger partial charge on any atom is -0.444 e. The highest BCUT2D eigenvalue weighted by molar-refractivity contribution is 5.87. The van der Waals surface area contributed by atoms with Crippen LogP contribution in [0.2, 0.25) is 0 Å². The van der Waals surface area contributed by atoms with Gasteiger partial charge in [-0.05, 0) is 52.7 Å². The van der Waals surface area contributed by atoms with E-state index < -0.39 is 58.6 Å². The fraction of sp³-hybridized carbons (Fsp3) is 0.600. The molecule has 1 fully saturated rings. The lowest BCUT2D eigenvalue weighted by atomic mass is 9.81. The van der Waals surface area contributed by atoms with Gasteiger partial charge in [0.25, 0.3) is 0 Å². The van der Waals surface area contributed by atoms with E-state index in [1.165, 1.54) is 4.90 Å². The molecule has 1 N–H and O–H groups in total. The number of carbonyl (C=O) groups is 2. The fourth-order valence-corrected chi connectivity index (χ4v) is 3.98. The van der Waals surface area contributed by atoms with Gasteiger partial charge >= 0.3 is 6.09 Å². The maximum absolute atomic E-state index is 14.7. The highest BCUT2D eigenvalue weighted by Crippen LogP contribution is 2.37. The van der Waals surface area contributed by atoms with Gasteiger partial charge in [0.2, 0.25) is 5.91 Å². The second-order valence-electron chi connectivity index (χ2n) is 9.29. The van der Waals surface area contributed by atoms with Crippen molar-refractivity contribution in [1.29, 1.82) is 0 Å². The Morgan fingerprint density at radius 1 is 1.17 bits per heavy atom. The van der Waals surface area contributed by atoms with Gasteiger partial charge in [-0.15, -0.1) is 6.42 Å². The Morgan fingerprint density at radius 3 is 2.49 bits per heavy atom. The average Bonchev–Trinajstić information content (AvgIpc) is 2.76. The number of alkyl carbamates (subject to hydrolysis) is 1. The van der Waals surface area contributed by atoms with Crippen molar-refractivity contribution in [3.63, 3.8) is 0 Å². The lowest BCUT2D eigenvalue weighted by molar-refractivity contribution is -0.140. The third-order valence-electron chi connectivity index (χ3n) is 5.53. The van der Waals surface area contributed by atoms with Gasteiger partial charge < -0.3 is 24.4 Å². The minimum atomic E-state index is -1.30. The Bertz CT molecular complexity index is 929. The van der Waals surface area contributed by atoms with E-state index in [1.807, 2.05) is 0 Å². The van der Waals surface area contributed by atoms with Crippen LogP contribution < -0.4 is 5.32 Å². The van der Waals surface area contributed by atoms with Gasteiger partial charge in [0.1, 0.15) is 24.1 Å². The largest absolute Gasteiger partial charge is 0.444 e. The Morgan fingerprint density at radius 2 is 1.83 bits per heavy atom. The van der Waals surface area contributed by atoms with Gasteiger partial charge in [-0.2, -0.15) is 0 Å². The molecule has 3 unspecified atom stereocenters. The first-order valence-electron chi connectivity index (χ1n) is 11.5.